The number of rotatable bonds is 20. The van der Waals surface area contributed by atoms with Crippen LogP contribution in [0.3, 0.4) is 0 Å². The molecule has 1 aromatic rings. The van der Waals surface area contributed by atoms with Crippen molar-refractivity contribution < 1.29 is 4.74 Å². The highest BCUT2D eigenvalue weighted by molar-refractivity contribution is 8.93. The van der Waals surface area contributed by atoms with E-state index in [0.29, 0.717) is 12.5 Å². The van der Waals surface area contributed by atoms with Gasteiger partial charge in [0.2, 0.25) is 0 Å². The molecule has 1 aromatic heterocycles. The van der Waals surface area contributed by atoms with Crippen LogP contribution in [-0.2, 0) is 0 Å². The Bertz CT molecular complexity index is 504. The second kappa shape index (κ2) is 21.9. The lowest BCUT2D eigenvalue weighted by Crippen LogP contribution is -2.03. The van der Waals surface area contributed by atoms with Crippen LogP contribution in [-0.4, -0.2) is 11.6 Å². The van der Waals surface area contributed by atoms with E-state index in [2.05, 4.69) is 11.9 Å². The zero-order chi connectivity index (χ0) is 20.1. The Hall–Kier alpha value is -0.770. The number of hydrogen-bond donors (Lipinski definition) is 1. The molecule has 1 rings (SSSR count). The van der Waals surface area contributed by atoms with Crippen molar-refractivity contribution in [3.8, 4) is 5.88 Å². The van der Waals surface area contributed by atoms with Gasteiger partial charge in [0.05, 0.1) is 6.61 Å². The summed E-state index contributed by atoms with van der Waals surface area (Å²) in [7, 11) is 0. The molecule has 0 aromatic carbocycles. The number of pyridine rings is 1. The van der Waals surface area contributed by atoms with E-state index in [1.165, 1.54) is 121 Å². The molecule has 0 bridgehead atoms. The zero-order valence-corrected chi connectivity index (χ0v) is 20.6. The number of aromatic nitrogens is 1. The van der Waals surface area contributed by atoms with Crippen LogP contribution in [0, 0.1) is 0 Å². The van der Waals surface area contributed by atoms with E-state index in [9.17, 15) is 4.79 Å². The lowest BCUT2D eigenvalue weighted by atomic mass is 10.0. The molecule has 0 saturated heterocycles. The smallest absolute Gasteiger partial charge is 0.194 e. The van der Waals surface area contributed by atoms with E-state index >= 15 is 0 Å². The predicted octanol–water partition coefficient (Wildman–Crippen LogP) is 8.37. The highest BCUT2D eigenvalue weighted by atomic mass is 79.9. The van der Waals surface area contributed by atoms with Gasteiger partial charge in [0.15, 0.2) is 11.3 Å². The molecule has 0 aliphatic carbocycles. The molecular formula is C25H46BrNO2. The fourth-order valence-electron chi connectivity index (χ4n) is 3.69. The van der Waals surface area contributed by atoms with Crippen molar-refractivity contribution in [1.82, 2.24) is 4.98 Å². The molecule has 0 aliphatic heterocycles. The second-order valence-corrected chi connectivity index (χ2v) is 8.25. The molecule has 1 N–H and O–H groups in total. The number of nitrogens with one attached hydrogen (secondary N) is 1. The summed E-state index contributed by atoms with van der Waals surface area (Å²) in [4.78, 5) is 14.1. The van der Waals surface area contributed by atoms with Crippen LogP contribution in [0.15, 0.2) is 23.1 Å². The Balaban J connectivity index is 0.00000784. The Morgan fingerprint density at radius 1 is 0.690 bits per heavy atom. The van der Waals surface area contributed by atoms with Crippen molar-refractivity contribution in [3.05, 3.63) is 28.6 Å². The summed E-state index contributed by atoms with van der Waals surface area (Å²) in [6.07, 6.45) is 26.6. The second-order valence-electron chi connectivity index (χ2n) is 8.25. The molecular weight excluding hydrogens is 426 g/mol. The van der Waals surface area contributed by atoms with E-state index in [4.69, 9.17) is 4.74 Å². The molecule has 0 fully saturated rings. The Morgan fingerprint density at radius 2 is 1.10 bits per heavy atom. The van der Waals surface area contributed by atoms with Crippen molar-refractivity contribution >= 4 is 17.0 Å². The van der Waals surface area contributed by atoms with E-state index < -0.39 is 0 Å². The van der Waals surface area contributed by atoms with Crippen molar-refractivity contribution in [3.63, 3.8) is 0 Å². The molecule has 0 saturated carbocycles. The minimum atomic E-state index is -0.00782. The summed E-state index contributed by atoms with van der Waals surface area (Å²) in [5.41, 5.74) is -0.00782. The Morgan fingerprint density at radius 3 is 1.52 bits per heavy atom. The maximum absolute atomic E-state index is 11.2. The highest BCUT2D eigenvalue weighted by Crippen LogP contribution is 2.14. The average molecular weight is 473 g/mol. The van der Waals surface area contributed by atoms with Crippen molar-refractivity contribution in [1.29, 1.82) is 0 Å². The molecule has 0 aliphatic rings. The van der Waals surface area contributed by atoms with Gasteiger partial charge in [-0.2, -0.15) is 0 Å². The Kier molecular flexibility index (Phi) is 21.3. The first-order chi connectivity index (χ1) is 13.8. The van der Waals surface area contributed by atoms with Gasteiger partial charge in [-0.1, -0.05) is 116 Å². The Labute approximate surface area is 190 Å². The van der Waals surface area contributed by atoms with E-state index in [1.807, 2.05) is 0 Å². The minimum absolute atomic E-state index is 0. The van der Waals surface area contributed by atoms with Crippen LogP contribution in [0.4, 0.5) is 0 Å². The van der Waals surface area contributed by atoms with Gasteiger partial charge in [0.25, 0.3) is 0 Å². The number of unbranched alkanes of at least 4 members (excludes halogenated alkanes) is 17. The lowest BCUT2D eigenvalue weighted by molar-refractivity contribution is 0.293. The first kappa shape index (κ1) is 28.2. The van der Waals surface area contributed by atoms with Crippen molar-refractivity contribution in [2.24, 2.45) is 0 Å². The normalized spacial score (nSPS) is 10.7. The van der Waals surface area contributed by atoms with Crippen LogP contribution >= 0.6 is 17.0 Å². The predicted molar refractivity (Wildman–Crippen MR) is 132 cm³/mol. The van der Waals surface area contributed by atoms with Crippen LogP contribution < -0.4 is 10.2 Å². The summed E-state index contributed by atoms with van der Waals surface area (Å²) < 4.78 is 5.56. The monoisotopic (exact) mass is 471 g/mol. The molecule has 0 radical (unpaired) electrons. The minimum Gasteiger partial charge on any atom is -0.479 e. The van der Waals surface area contributed by atoms with Gasteiger partial charge in [-0.05, 0) is 6.42 Å². The van der Waals surface area contributed by atoms with Crippen LogP contribution in [0.5, 0.6) is 5.88 Å². The number of aromatic amines is 1. The zero-order valence-electron chi connectivity index (χ0n) is 18.9. The fraction of sp³-hybridized carbons (Fsp3) is 0.800. The average Bonchev–Trinajstić information content (AvgIpc) is 2.70. The van der Waals surface area contributed by atoms with Gasteiger partial charge in [-0.25, -0.2) is 0 Å². The van der Waals surface area contributed by atoms with E-state index in [-0.39, 0.29) is 22.4 Å². The molecule has 29 heavy (non-hydrogen) atoms. The highest BCUT2D eigenvalue weighted by Gasteiger charge is 1.97. The third-order valence-electron chi connectivity index (χ3n) is 5.50. The number of H-pyrrole nitrogens is 1. The summed E-state index contributed by atoms with van der Waals surface area (Å²) in [5, 5.41) is 0. The first-order valence-electron chi connectivity index (χ1n) is 12.1. The SMILES string of the molecule is Br.CCCCCCCCCCCCCCCCCCCCOc1cc(=O)cc[nH]1. The largest absolute Gasteiger partial charge is 0.479 e. The van der Waals surface area contributed by atoms with Crippen molar-refractivity contribution in [2.45, 2.75) is 122 Å². The van der Waals surface area contributed by atoms with Gasteiger partial charge in [-0.15, -0.1) is 17.0 Å². The summed E-state index contributed by atoms with van der Waals surface area (Å²) >= 11 is 0. The van der Waals surface area contributed by atoms with Gasteiger partial charge >= 0.3 is 0 Å². The molecule has 0 spiro atoms. The third kappa shape index (κ3) is 19.0. The maximum Gasteiger partial charge on any atom is 0.194 e. The van der Waals surface area contributed by atoms with Crippen LogP contribution in [0.2, 0.25) is 0 Å². The van der Waals surface area contributed by atoms with Gasteiger partial charge in [0, 0.05) is 18.3 Å². The van der Waals surface area contributed by atoms with Gasteiger partial charge in [-0.3, -0.25) is 4.79 Å². The summed E-state index contributed by atoms with van der Waals surface area (Å²) in [6.45, 7) is 2.98. The molecule has 0 atom stereocenters. The summed E-state index contributed by atoms with van der Waals surface area (Å²) in [5.74, 6) is 0.583. The molecule has 170 valence electrons. The standard InChI is InChI=1S/C25H45NO2.BrH/c1-2-3-4-5-6-7-8-9-10-11-12-13-14-15-16-17-18-19-22-28-25-23-24(27)20-21-26-25;/h20-21,23H,2-19,22H2,1H3,(H,26,27);1H. The molecule has 1 heterocycles. The molecule has 0 unspecified atom stereocenters. The van der Waals surface area contributed by atoms with Crippen LogP contribution in [0.1, 0.15) is 122 Å². The lowest BCUT2D eigenvalue weighted by Gasteiger charge is -2.05. The molecule has 4 heteroatoms. The summed E-state index contributed by atoms with van der Waals surface area (Å²) in [6, 6.07) is 3.01. The fourth-order valence-corrected chi connectivity index (χ4v) is 3.69. The van der Waals surface area contributed by atoms with Crippen molar-refractivity contribution in [2.75, 3.05) is 6.61 Å². The maximum atomic E-state index is 11.2. The van der Waals surface area contributed by atoms with Gasteiger partial charge in [0.1, 0.15) is 0 Å². The van der Waals surface area contributed by atoms with E-state index in [1.54, 1.807) is 6.20 Å². The van der Waals surface area contributed by atoms with E-state index in [0.717, 1.165) is 6.42 Å². The first-order valence-corrected chi connectivity index (χ1v) is 12.1. The van der Waals surface area contributed by atoms with Crippen LogP contribution in [0.25, 0.3) is 0 Å². The molecule has 0 amide bonds. The quantitative estimate of drug-likeness (QED) is 0.194. The van der Waals surface area contributed by atoms with Gasteiger partial charge < -0.3 is 9.72 Å². The third-order valence-corrected chi connectivity index (χ3v) is 5.50. The number of halogens is 1. The topological polar surface area (TPSA) is 42.1 Å². The molecule has 3 nitrogen and oxygen atoms in total. The number of ether oxygens (including phenoxy) is 1. The number of hydrogen-bond acceptors (Lipinski definition) is 2.